The summed E-state index contributed by atoms with van der Waals surface area (Å²) in [5.41, 5.74) is 7.36. The predicted molar refractivity (Wildman–Crippen MR) is 184 cm³/mol. The van der Waals surface area contributed by atoms with Crippen LogP contribution in [0.3, 0.4) is 0 Å². The number of carbonyl (C=O) groups is 1. The molecule has 0 spiro atoms. The second kappa shape index (κ2) is 15.3. The van der Waals surface area contributed by atoms with Gasteiger partial charge in [-0.3, -0.25) is 4.79 Å². The van der Waals surface area contributed by atoms with Crippen molar-refractivity contribution in [1.29, 1.82) is 0 Å². The maximum absolute atomic E-state index is 11.5. The monoisotopic (exact) mass is 611 g/mol. The Morgan fingerprint density at radius 1 is 0.619 bits per heavy atom. The first-order valence-electron chi connectivity index (χ1n) is 15.9. The topological polar surface area (TPSA) is 56.8 Å². The molecule has 234 valence electrons. The summed E-state index contributed by atoms with van der Waals surface area (Å²) in [5, 5.41) is 0. The van der Waals surface area contributed by atoms with E-state index in [0.717, 1.165) is 22.6 Å². The summed E-state index contributed by atoms with van der Waals surface area (Å²) in [4.78, 5) is 16.9. The fraction of sp³-hybridized carbons (Fsp3) is 0.571. The van der Waals surface area contributed by atoms with Gasteiger partial charge in [0.1, 0.15) is 11.5 Å². The van der Waals surface area contributed by atoms with Crippen molar-refractivity contribution in [3.63, 3.8) is 0 Å². The molecule has 0 aliphatic carbocycles. The summed E-state index contributed by atoms with van der Waals surface area (Å²) in [7, 11) is -4.33. The lowest BCUT2D eigenvalue weighted by Crippen LogP contribution is -2.51. The molecule has 0 fully saturated rings. The van der Waals surface area contributed by atoms with Crippen molar-refractivity contribution in [1.82, 2.24) is 5.48 Å². The van der Waals surface area contributed by atoms with Crippen LogP contribution >= 0.6 is 0 Å². The first-order valence-corrected chi connectivity index (χ1v) is 20.1. The number of hydrogen-bond donors (Lipinski definition) is 1. The third-order valence-corrected chi connectivity index (χ3v) is 20.9. The molecule has 0 aromatic heterocycles. The Hall–Kier alpha value is -2.52. The lowest BCUT2D eigenvalue weighted by molar-refractivity contribution is -0.127. The number of benzene rings is 2. The molecule has 0 radical (unpaired) electrons. The van der Waals surface area contributed by atoms with Gasteiger partial charge in [-0.25, -0.2) is 0 Å². The SMILES string of the molecule is CCC(=O)NOc1ccc(/C=C/c2cc(O[Si](C(C)C)(C(C)C)C(C)C)cc(O[Si](C(C)C)(C(C)C)C(C)C)c2)cc1. The van der Waals surface area contributed by atoms with Crippen LogP contribution in [0.15, 0.2) is 42.5 Å². The van der Waals surface area contributed by atoms with Gasteiger partial charge in [0.25, 0.3) is 22.5 Å². The van der Waals surface area contributed by atoms with Crippen molar-refractivity contribution in [2.24, 2.45) is 0 Å². The van der Waals surface area contributed by atoms with Gasteiger partial charge in [-0.15, -0.1) is 0 Å². The molecule has 1 amide bonds. The highest BCUT2D eigenvalue weighted by Crippen LogP contribution is 2.46. The molecule has 0 saturated carbocycles. The van der Waals surface area contributed by atoms with Gasteiger partial charge in [-0.2, -0.15) is 5.48 Å². The summed E-state index contributed by atoms with van der Waals surface area (Å²) < 4.78 is 14.4. The van der Waals surface area contributed by atoms with E-state index in [0.29, 0.717) is 45.4 Å². The highest BCUT2D eigenvalue weighted by molar-refractivity contribution is 6.78. The van der Waals surface area contributed by atoms with Crippen LogP contribution < -0.4 is 19.2 Å². The minimum absolute atomic E-state index is 0.155. The fourth-order valence-corrected chi connectivity index (χ4v) is 17.4. The molecule has 2 rings (SSSR count). The van der Waals surface area contributed by atoms with E-state index in [4.69, 9.17) is 13.7 Å². The standard InChI is InChI=1S/C35H57NO4Si2/c1-14-35(37)36-38-32-19-17-30(18-20-32)15-16-31-21-33(39-41(24(2)3,25(4)5)26(6)7)23-34(22-31)40-42(27(8)9,28(10)11)29(12)13/h15-29H,14H2,1-13H3,(H,36,37)/b16-15+. The Morgan fingerprint density at radius 2 is 1.00 bits per heavy atom. The third kappa shape index (κ3) is 8.31. The Morgan fingerprint density at radius 3 is 1.36 bits per heavy atom. The van der Waals surface area contributed by atoms with Crippen LogP contribution in [0.5, 0.6) is 17.2 Å². The van der Waals surface area contributed by atoms with Crippen molar-refractivity contribution in [3.8, 4) is 17.2 Å². The zero-order valence-electron chi connectivity index (χ0n) is 28.5. The van der Waals surface area contributed by atoms with Crippen LogP contribution in [0.2, 0.25) is 33.2 Å². The predicted octanol–water partition coefficient (Wildman–Crippen LogP) is 10.8. The Kier molecular flexibility index (Phi) is 13.0. The summed E-state index contributed by atoms with van der Waals surface area (Å²) in [5.74, 6) is 2.25. The number of hydroxylamine groups is 1. The number of nitrogens with one attached hydrogen (secondary N) is 1. The van der Waals surface area contributed by atoms with Crippen LogP contribution in [0.4, 0.5) is 0 Å². The second-order valence-electron chi connectivity index (χ2n) is 13.5. The van der Waals surface area contributed by atoms with Gasteiger partial charge in [-0.05, 0) is 68.6 Å². The Balaban J connectivity index is 2.57. The minimum atomic E-state index is -2.16. The van der Waals surface area contributed by atoms with Crippen LogP contribution in [-0.4, -0.2) is 22.5 Å². The summed E-state index contributed by atoms with van der Waals surface area (Å²) in [6.45, 7) is 29.7. The molecule has 5 nitrogen and oxygen atoms in total. The number of rotatable bonds is 15. The molecule has 7 heteroatoms. The average Bonchev–Trinajstić information content (AvgIpc) is 2.91. The molecule has 0 atom stereocenters. The molecule has 2 aromatic carbocycles. The quantitative estimate of drug-likeness (QED) is 0.124. The van der Waals surface area contributed by atoms with Crippen LogP contribution in [-0.2, 0) is 4.79 Å². The van der Waals surface area contributed by atoms with Crippen molar-refractivity contribution < 1.29 is 18.5 Å². The van der Waals surface area contributed by atoms with Crippen molar-refractivity contribution in [2.45, 2.75) is 130 Å². The molecule has 2 aromatic rings. The second-order valence-corrected chi connectivity index (χ2v) is 24.2. The first-order chi connectivity index (χ1) is 19.6. The number of hydrogen-bond acceptors (Lipinski definition) is 4. The molecular formula is C35H57NO4Si2. The number of amides is 1. The molecule has 0 saturated heterocycles. The largest absolute Gasteiger partial charge is 0.543 e. The molecule has 0 aliphatic rings. The molecule has 0 heterocycles. The first kappa shape index (κ1) is 35.7. The summed E-state index contributed by atoms with van der Waals surface area (Å²) >= 11 is 0. The van der Waals surface area contributed by atoms with Crippen LogP contribution in [0, 0.1) is 0 Å². The van der Waals surface area contributed by atoms with Crippen LogP contribution in [0.25, 0.3) is 12.2 Å². The van der Waals surface area contributed by atoms with E-state index in [2.05, 4.69) is 119 Å². The van der Waals surface area contributed by atoms with E-state index < -0.39 is 16.6 Å². The summed E-state index contributed by atoms with van der Waals surface area (Å²) in [6.07, 6.45) is 4.59. The van der Waals surface area contributed by atoms with Crippen molar-refractivity contribution in [3.05, 3.63) is 53.6 Å². The molecule has 0 unspecified atom stereocenters. The van der Waals surface area contributed by atoms with E-state index in [-0.39, 0.29) is 5.91 Å². The smallest absolute Gasteiger partial charge is 0.258 e. The lowest BCUT2D eigenvalue weighted by atomic mass is 10.1. The van der Waals surface area contributed by atoms with Gasteiger partial charge in [-0.1, -0.05) is 114 Å². The zero-order valence-corrected chi connectivity index (χ0v) is 30.5. The van der Waals surface area contributed by atoms with Gasteiger partial charge < -0.3 is 13.7 Å². The molecule has 0 bridgehead atoms. The highest BCUT2D eigenvalue weighted by Gasteiger charge is 2.48. The van der Waals surface area contributed by atoms with Gasteiger partial charge in [0.05, 0.1) is 0 Å². The zero-order chi connectivity index (χ0) is 31.8. The Labute approximate surface area is 258 Å². The van der Waals surface area contributed by atoms with E-state index in [9.17, 15) is 4.79 Å². The normalized spacial score (nSPS) is 12.8. The maximum atomic E-state index is 11.5. The van der Waals surface area contributed by atoms with E-state index in [1.165, 1.54) is 0 Å². The van der Waals surface area contributed by atoms with Gasteiger partial charge in [0, 0.05) is 12.5 Å². The summed E-state index contributed by atoms with van der Waals surface area (Å²) in [6, 6.07) is 14.1. The van der Waals surface area contributed by atoms with Gasteiger partial charge in [0.15, 0.2) is 5.75 Å². The number of carbonyl (C=O) groups excluding carboxylic acids is 1. The van der Waals surface area contributed by atoms with Crippen LogP contribution in [0.1, 0.15) is 108 Å². The molecule has 0 aliphatic heterocycles. The van der Waals surface area contributed by atoms with E-state index in [1.807, 2.05) is 24.3 Å². The molecular weight excluding hydrogens is 555 g/mol. The lowest BCUT2D eigenvalue weighted by Gasteiger charge is -2.43. The fourth-order valence-electron chi connectivity index (χ4n) is 6.95. The van der Waals surface area contributed by atoms with Gasteiger partial charge in [0.2, 0.25) is 0 Å². The van der Waals surface area contributed by atoms with E-state index >= 15 is 0 Å². The average molecular weight is 612 g/mol. The van der Waals surface area contributed by atoms with Crippen molar-refractivity contribution in [2.75, 3.05) is 0 Å². The maximum Gasteiger partial charge on any atom is 0.258 e. The third-order valence-electron chi connectivity index (χ3n) is 8.86. The molecule has 1 N–H and O–H groups in total. The highest BCUT2D eigenvalue weighted by atomic mass is 28.4. The van der Waals surface area contributed by atoms with Gasteiger partial charge >= 0.3 is 0 Å². The molecule has 42 heavy (non-hydrogen) atoms. The Bertz CT molecular complexity index is 1070. The minimum Gasteiger partial charge on any atom is -0.543 e. The van der Waals surface area contributed by atoms with Crippen molar-refractivity contribution >= 4 is 34.7 Å². The van der Waals surface area contributed by atoms with E-state index in [1.54, 1.807) is 6.92 Å².